The molecule has 2 heterocycles. The monoisotopic (exact) mass is 290 g/mol. The summed E-state index contributed by atoms with van der Waals surface area (Å²) in [7, 11) is 1.60. The number of rotatable bonds is 3. The van der Waals surface area contributed by atoms with E-state index in [1.807, 2.05) is 18.2 Å². The minimum absolute atomic E-state index is 0.154. The van der Waals surface area contributed by atoms with Crippen molar-refractivity contribution >= 4 is 32.6 Å². The number of methoxy groups -OCH3 is 1. The molecule has 2 aromatic heterocycles. The zero-order chi connectivity index (χ0) is 14.1. The van der Waals surface area contributed by atoms with Crippen LogP contribution in [0.4, 0.5) is 5.13 Å². The number of amides is 1. The number of aromatic nitrogens is 3. The third kappa shape index (κ3) is 2.21. The molecular weight excluding hydrogens is 280 g/mol. The molecule has 1 aromatic carbocycles. The number of nitrogens with zero attached hydrogens (tertiary/aromatic N) is 3. The predicted molar refractivity (Wildman–Crippen MR) is 73.2 cm³/mol. The van der Waals surface area contributed by atoms with Gasteiger partial charge in [0.15, 0.2) is 10.8 Å². The molecule has 0 bridgehead atoms. The maximum absolute atomic E-state index is 12.0. The van der Waals surface area contributed by atoms with E-state index in [0.717, 1.165) is 16.0 Å². The van der Waals surface area contributed by atoms with Crippen molar-refractivity contribution in [3.05, 3.63) is 29.6 Å². The number of fused-ring (bicyclic) bond motifs is 1. The van der Waals surface area contributed by atoms with Crippen LogP contribution >= 0.6 is 11.3 Å². The fraction of sp³-hybridized carbons (Fsp3) is 0.167. The van der Waals surface area contributed by atoms with Gasteiger partial charge in [0.05, 0.1) is 17.3 Å². The van der Waals surface area contributed by atoms with E-state index in [4.69, 9.17) is 4.74 Å². The first-order chi connectivity index (χ1) is 9.67. The lowest BCUT2D eigenvalue weighted by Crippen LogP contribution is -2.13. The molecule has 0 fully saturated rings. The van der Waals surface area contributed by atoms with E-state index >= 15 is 0 Å². The molecule has 102 valence electrons. The molecule has 0 aliphatic carbocycles. The molecular formula is C12H10N4O3S. The van der Waals surface area contributed by atoms with Crippen molar-refractivity contribution in [1.82, 2.24) is 15.3 Å². The van der Waals surface area contributed by atoms with Crippen molar-refractivity contribution < 1.29 is 14.2 Å². The zero-order valence-corrected chi connectivity index (χ0v) is 11.5. The van der Waals surface area contributed by atoms with Crippen LogP contribution in [0.15, 0.2) is 22.8 Å². The molecule has 0 unspecified atom stereocenters. The molecule has 0 atom stereocenters. The average molecular weight is 290 g/mol. The summed E-state index contributed by atoms with van der Waals surface area (Å²) in [5, 5.41) is 10.3. The van der Waals surface area contributed by atoms with Gasteiger partial charge in [0.1, 0.15) is 11.4 Å². The van der Waals surface area contributed by atoms with Crippen molar-refractivity contribution in [2.24, 2.45) is 0 Å². The van der Waals surface area contributed by atoms with Gasteiger partial charge in [-0.25, -0.2) is 9.61 Å². The van der Waals surface area contributed by atoms with Crippen LogP contribution in [-0.4, -0.2) is 28.3 Å². The van der Waals surface area contributed by atoms with Gasteiger partial charge in [-0.15, -0.1) is 0 Å². The summed E-state index contributed by atoms with van der Waals surface area (Å²) < 4.78 is 10.6. The second-order valence-electron chi connectivity index (χ2n) is 4.01. The summed E-state index contributed by atoms with van der Waals surface area (Å²) in [6.07, 6.45) is 0. The second-order valence-corrected chi connectivity index (χ2v) is 5.04. The normalized spacial score (nSPS) is 10.7. The Bertz CT molecular complexity index is 780. The number of anilines is 1. The molecule has 0 spiro atoms. The van der Waals surface area contributed by atoms with Crippen LogP contribution in [0.25, 0.3) is 10.2 Å². The van der Waals surface area contributed by atoms with Crippen molar-refractivity contribution in [2.45, 2.75) is 6.92 Å². The topological polar surface area (TPSA) is 90.1 Å². The lowest BCUT2D eigenvalue weighted by Gasteiger charge is -1.96. The van der Waals surface area contributed by atoms with E-state index in [-0.39, 0.29) is 5.69 Å². The van der Waals surface area contributed by atoms with Crippen molar-refractivity contribution in [2.75, 3.05) is 12.4 Å². The summed E-state index contributed by atoms with van der Waals surface area (Å²) in [6.45, 7) is 1.65. The first kappa shape index (κ1) is 12.5. The number of nitrogens with one attached hydrogen (secondary N) is 1. The van der Waals surface area contributed by atoms with Crippen LogP contribution in [0.1, 0.15) is 16.2 Å². The van der Waals surface area contributed by atoms with Crippen LogP contribution in [0.5, 0.6) is 5.75 Å². The quantitative estimate of drug-likeness (QED) is 0.795. The Balaban J connectivity index is 1.88. The molecule has 7 nitrogen and oxygen atoms in total. The minimum Gasteiger partial charge on any atom is -0.497 e. The van der Waals surface area contributed by atoms with Gasteiger partial charge in [-0.05, 0) is 30.3 Å². The minimum atomic E-state index is -0.394. The smallest absolute Gasteiger partial charge is 0.281 e. The molecule has 3 rings (SSSR count). The fourth-order valence-electron chi connectivity index (χ4n) is 1.68. The van der Waals surface area contributed by atoms with Crippen molar-refractivity contribution in [1.29, 1.82) is 0 Å². The number of carbonyl (C=O) groups excluding carboxylic acids is 1. The molecule has 0 aliphatic heterocycles. The Kier molecular flexibility index (Phi) is 3.07. The number of benzene rings is 1. The molecule has 0 saturated carbocycles. The summed E-state index contributed by atoms with van der Waals surface area (Å²) in [6, 6.07) is 5.52. The number of carbonyl (C=O) groups is 1. The van der Waals surface area contributed by atoms with Crippen molar-refractivity contribution in [3.8, 4) is 5.75 Å². The molecule has 8 heteroatoms. The first-order valence-corrected chi connectivity index (χ1v) is 6.54. The van der Waals surface area contributed by atoms with Gasteiger partial charge in [0.2, 0.25) is 0 Å². The molecule has 20 heavy (non-hydrogen) atoms. The van der Waals surface area contributed by atoms with E-state index in [0.29, 0.717) is 10.8 Å². The summed E-state index contributed by atoms with van der Waals surface area (Å²) in [4.78, 5) is 16.3. The third-order valence-corrected chi connectivity index (χ3v) is 3.62. The Hall–Kier alpha value is -2.48. The van der Waals surface area contributed by atoms with E-state index in [2.05, 4.69) is 25.2 Å². The van der Waals surface area contributed by atoms with Crippen LogP contribution in [-0.2, 0) is 0 Å². The highest BCUT2D eigenvalue weighted by Crippen LogP contribution is 2.29. The highest BCUT2D eigenvalue weighted by Gasteiger charge is 2.16. The molecule has 1 N–H and O–H groups in total. The lowest BCUT2D eigenvalue weighted by molar-refractivity contribution is 0.101. The molecule has 3 aromatic rings. The number of hydrogen-bond donors (Lipinski definition) is 1. The molecule has 1 amide bonds. The first-order valence-electron chi connectivity index (χ1n) is 5.72. The van der Waals surface area contributed by atoms with Gasteiger partial charge < -0.3 is 4.74 Å². The van der Waals surface area contributed by atoms with E-state index in [9.17, 15) is 4.79 Å². The summed E-state index contributed by atoms with van der Waals surface area (Å²) in [5.74, 6) is 0.352. The van der Waals surface area contributed by atoms with Crippen LogP contribution < -0.4 is 10.1 Å². The number of thiazole rings is 1. The van der Waals surface area contributed by atoms with Gasteiger partial charge in [-0.2, -0.15) is 0 Å². The maximum Gasteiger partial charge on any atom is 0.281 e. The van der Waals surface area contributed by atoms with E-state index < -0.39 is 5.91 Å². The van der Waals surface area contributed by atoms with Crippen molar-refractivity contribution in [3.63, 3.8) is 0 Å². The Morgan fingerprint density at radius 1 is 1.40 bits per heavy atom. The third-order valence-electron chi connectivity index (χ3n) is 2.68. The summed E-state index contributed by atoms with van der Waals surface area (Å²) in [5.41, 5.74) is 1.38. The number of ether oxygens (including phenoxy) is 1. The Morgan fingerprint density at radius 3 is 2.95 bits per heavy atom. The van der Waals surface area contributed by atoms with E-state index in [1.54, 1.807) is 14.0 Å². The van der Waals surface area contributed by atoms with Gasteiger partial charge in [0, 0.05) is 0 Å². The largest absolute Gasteiger partial charge is 0.497 e. The standard InChI is InChI=1S/C12H10N4O3S/c1-6-10(16-19-15-6)11(17)14-12-13-8-4-3-7(18-2)5-9(8)20-12/h3-5H,1-2H3,(H,13,14,17). The number of aryl methyl sites for hydroxylation is 1. The van der Waals surface area contributed by atoms with Gasteiger partial charge in [-0.3, -0.25) is 10.1 Å². The molecule has 0 radical (unpaired) electrons. The molecule has 0 saturated heterocycles. The SMILES string of the molecule is COc1ccc2nc(NC(=O)c3nonc3C)sc2c1. The predicted octanol–water partition coefficient (Wildman–Crippen LogP) is 2.25. The maximum atomic E-state index is 12.0. The zero-order valence-electron chi connectivity index (χ0n) is 10.7. The molecule has 0 aliphatic rings. The van der Waals surface area contributed by atoms with Crippen LogP contribution in [0, 0.1) is 6.92 Å². The van der Waals surface area contributed by atoms with Gasteiger partial charge in [0.25, 0.3) is 5.91 Å². The highest BCUT2D eigenvalue weighted by atomic mass is 32.1. The van der Waals surface area contributed by atoms with Gasteiger partial charge >= 0.3 is 0 Å². The lowest BCUT2D eigenvalue weighted by atomic mass is 10.3. The van der Waals surface area contributed by atoms with E-state index in [1.165, 1.54) is 11.3 Å². The highest BCUT2D eigenvalue weighted by molar-refractivity contribution is 7.22. The van der Waals surface area contributed by atoms with Gasteiger partial charge in [-0.1, -0.05) is 16.5 Å². The van der Waals surface area contributed by atoms with Crippen LogP contribution in [0.3, 0.4) is 0 Å². The fourth-order valence-corrected chi connectivity index (χ4v) is 2.57. The number of hydrogen-bond acceptors (Lipinski definition) is 7. The second kappa shape index (κ2) is 4.89. The Morgan fingerprint density at radius 2 is 2.25 bits per heavy atom. The summed E-state index contributed by atoms with van der Waals surface area (Å²) >= 11 is 1.36. The Labute approximate surface area is 117 Å². The van der Waals surface area contributed by atoms with Crippen LogP contribution in [0.2, 0.25) is 0 Å². The average Bonchev–Trinajstić information content (AvgIpc) is 3.03.